The highest BCUT2D eigenvalue weighted by molar-refractivity contribution is 9.10. The Morgan fingerprint density at radius 3 is 2.00 bits per heavy atom. The van der Waals surface area contributed by atoms with Crippen LogP contribution in [0, 0.1) is 0 Å². The van der Waals surface area contributed by atoms with Crippen LogP contribution in [0.15, 0.2) is 28.7 Å². The van der Waals surface area contributed by atoms with Crippen molar-refractivity contribution in [1.29, 1.82) is 0 Å². The zero-order valence-corrected chi connectivity index (χ0v) is 9.39. The van der Waals surface area contributed by atoms with E-state index >= 15 is 0 Å². The number of ether oxygens (including phenoxy) is 1. The van der Waals surface area contributed by atoms with Gasteiger partial charge < -0.3 is 4.74 Å². The molecule has 2 N–H and O–H groups in total. The zero-order valence-electron chi connectivity index (χ0n) is 7.81. The van der Waals surface area contributed by atoms with Crippen LogP contribution < -0.4 is 5.73 Å². The van der Waals surface area contributed by atoms with E-state index in [1.807, 2.05) is 0 Å². The molecule has 1 unspecified atom stereocenters. The second kappa shape index (κ2) is 4.11. The van der Waals surface area contributed by atoms with Crippen molar-refractivity contribution in [3.63, 3.8) is 0 Å². The maximum Gasteiger partial charge on any atom is 0.435 e. The average molecular weight is 284 g/mol. The number of benzene rings is 1. The smallest absolute Gasteiger partial charge is 0.352 e. The molecule has 0 aliphatic rings. The van der Waals surface area contributed by atoms with E-state index in [1.54, 1.807) is 0 Å². The molecule has 0 fully saturated rings. The topological polar surface area (TPSA) is 35.2 Å². The van der Waals surface area contributed by atoms with Crippen molar-refractivity contribution in [1.82, 2.24) is 0 Å². The van der Waals surface area contributed by atoms with Crippen molar-refractivity contribution in [2.45, 2.75) is 11.9 Å². The van der Waals surface area contributed by atoms with E-state index in [1.165, 1.54) is 24.3 Å². The molecule has 6 heteroatoms. The van der Waals surface area contributed by atoms with E-state index in [-0.39, 0.29) is 5.56 Å². The van der Waals surface area contributed by atoms with Crippen LogP contribution in [0.4, 0.5) is 13.2 Å². The summed E-state index contributed by atoms with van der Waals surface area (Å²) in [5.74, 6) is 0. The van der Waals surface area contributed by atoms with Gasteiger partial charge in [-0.25, -0.2) is 0 Å². The zero-order chi connectivity index (χ0) is 11.7. The Morgan fingerprint density at radius 2 is 1.67 bits per heavy atom. The number of nitrogens with two attached hydrogens (primary N) is 1. The van der Waals surface area contributed by atoms with E-state index in [9.17, 15) is 13.2 Å². The van der Waals surface area contributed by atoms with Gasteiger partial charge in [0.2, 0.25) is 5.72 Å². The third-order valence-corrected chi connectivity index (χ3v) is 2.54. The Bertz CT molecular complexity index is 338. The molecule has 15 heavy (non-hydrogen) atoms. The van der Waals surface area contributed by atoms with Crippen molar-refractivity contribution in [2.75, 3.05) is 7.11 Å². The van der Waals surface area contributed by atoms with Crippen molar-refractivity contribution in [3.8, 4) is 0 Å². The predicted molar refractivity (Wildman–Crippen MR) is 53.1 cm³/mol. The number of halogens is 4. The van der Waals surface area contributed by atoms with Gasteiger partial charge in [0.15, 0.2) is 0 Å². The van der Waals surface area contributed by atoms with Gasteiger partial charge in [0.1, 0.15) is 0 Å². The minimum absolute atomic E-state index is 0.138. The van der Waals surface area contributed by atoms with Crippen LogP contribution in [0.2, 0.25) is 0 Å². The molecule has 0 aliphatic carbocycles. The third-order valence-electron chi connectivity index (χ3n) is 2.02. The molecule has 0 saturated heterocycles. The molecule has 0 bridgehead atoms. The Labute approximate surface area is 93.3 Å². The Balaban J connectivity index is 3.18. The largest absolute Gasteiger partial charge is 0.435 e. The summed E-state index contributed by atoms with van der Waals surface area (Å²) in [6.07, 6.45) is -4.66. The highest BCUT2D eigenvalue weighted by Crippen LogP contribution is 2.37. The summed E-state index contributed by atoms with van der Waals surface area (Å²) in [5, 5.41) is 0. The number of rotatable bonds is 2. The molecular weight excluding hydrogens is 275 g/mol. The van der Waals surface area contributed by atoms with Gasteiger partial charge in [-0.3, -0.25) is 5.73 Å². The molecule has 0 heterocycles. The van der Waals surface area contributed by atoms with Crippen LogP contribution in [0.5, 0.6) is 0 Å². The molecule has 0 saturated carbocycles. The molecule has 0 amide bonds. The highest BCUT2D eigenvalue weighted by Gasteiger charge is 2.54. The van der Waals surface area contributed by atoms with Gasteiger partial charge in [0, 0.05) is 17.1 Å². The number of hydrogen-bond acceptors (Lipinski definition) is 2. The standard InChI is InChI=1S/C9H9BrF3NO/c1-15-8(14,9(11,12)13)6-2-4-7(10)5-3-6/h2-5H,14H2,1H3. The summed E-state index contributed by atoms with van der Waals surface area (Å²) in [7, 11) is 0.926. The fourth-order valence-corrected chi connectivity index (χ4v) is 1.36. The number of methoxy groups -OCH3 is 1. The molecular formula is C9H9BrF3NO. The van der Waals surface area contributed by atoms with Crippen LogP contribution in [0.3, 0.4) is 0 Å². The molecule has 0 aromatic heterocycles. The van der Waals surface area contributed by atoms with E-state index in [4.69, 9.17) is 5.73 Å². The summed E-state index contributed by atoms with van der Waals surface area (Å²) in [5.41, 5.74) is 2.29. The molecule has 0 spiro atoms. The summed E-state index contributed by atoms with van der Waals surface area (Å²) in [4.78, 5) is 0. The van der Waals surface area contributed by atoms with Crippen LogP contribution in [0.25, 0.3) is 0 Å². The number of hydrogen-bond donors (Lipinski definition) is 1. The van der Waals surface area contributed by atoms with Crippen molar-refractivity contribution in [3.05, 3.63) is 34.3 Å². The first kappa shape index (κ1) is 12.5. The molecule has 1 rings (SSSR count). The normalized spacial score (nSPS) is 16.1. The lowest BCUT2D eigenvalue weighted by Gasteiger charge is -2.30. The molecule has 0 radical (unpaired) electrons. The lowest BCUT2D eigenvalue weighted by Crippen LogP contribution is -2.51. The van der Waals surface area contributed by atoms with Gasteiger partial charge in [-0.05, 0) is 12.1 Å². The lowest BCUT2D eigenvalue weighted by atomic mass is 10.0. The predicted octanol–water partition coefficient (Wildman–Crippen LogP) is 2.77. The van der Waals surface area contributed by atoms with Gasteiger partial charge >= 0.3 is 6.18 Å². The van der Waals surface area contributed by atoms with Crippen molar-refractivity contribution >= 4 is 15.9 Å². The molecule has 1 aromatic carbocycles. The summed E-state index contributed by atoms with van der Waals surface area (Å²) in [6.45, 7) is 0. The maximum absolute atomic E-state index is 12.6. The van der Waals surface area contributed by atoms with Gasteiger partial charge in [-0.15, -0.1) is 0 Å². The third kappa shape index (κ3) is 2.32. The monoisotopic (exact) mass is 283 g/mol. The first-order valence-electron chi connectivity index (χ1n) is 3.98. The molecule has 0 aliphatic heterocycles. The second-order valence-electron chi connectivity index (χ2n) is 2.94. The van der Waals surface area contributed by atoms with Crippen LogP contribution in [0.1, 0.15) is 5.56 Å². The van der Waals surface area contributed by atoms with E-state index < -0.39 is 11.9 Å². The fraction of sp³-hybridized carbons (Fsp3) is 0.333. The van der Waals surface area contributed by atoms with Crippen LogP contribution in [-0.4, -0.2) is 13.3 Å². The van der Waals surface area contributed by atoms with Gasteiger partial charge in [0.05, 0.1) is 0 Å². The molecule has 2 nitrogen and oxygen atoms in total. The maximum atomic E-state index is 12.6. The first-order valence-corrected chi connectivity index (χ1v) is 4.77. The number of alkyl halides is 3. The second-order valence-corrected chi connectivity index (χ2v) is 3.86. The summed E-state index contributed by atoms with van der Waals surface area (Å²) >= 11 is 3.12. The minimum Gasteiger partial charge on any atom is -0.352 e. The van der Waals surface area contributed by atoms with Crippen LogP contribution >= 0.6 is 15.9 Å². The van der Waals surface area contributed by atoms with Crippen molar-refractivity contribution in [2.24, 2.45) is 5.73 Å². The quantitative estimate of drug-likeness (QED) is 0.847. The minimum atomic E-state index is -4.66. The Morgan fingerprint density at radius 1 is 1.20 bits per heavy atom. The molecule has 1 atom stereocenters. The van der Waals surface area contributed by atoms with Gasteiger partial charge in [-0.2, -0.15) is 13.2 Å². The van der Waals surface area contributed by atoms with E-state index in [0.717, 1.165) is 7.11 Å². The first-order chi connectivity index (χ1) is 6.81. The molecule has 1 aromatic rings. The fourth-order valence-electron chi connectivity index (χ4n) is 1.09. The summed E-state index contributed by atoms with van der Waals surface area (Å²) < 4.78 is 42.9. The lowest BCUT2D eigenvalue weighted by molar-refractivity contribution is -0.274. The molecule has 84 valence electrons. The van der Waals surface area contributed by atoms with E-state index in [0.29, 0.717) is 4.47 Å². The Kier molecular flexibility index (Phi) is 3.42. The summed E-state index contributed by atoms with van der Waals surface area (Å²) in [6, 6.07) is 5.48. The van der Waals surface area contributed by atoms with E-state index in [2.05, 4.69) is 20.7 Å². The van der Waals surface area contributed by atoms with Crippen LogP contribution in [-0.2, 0) is 10.5 Å². The highest BCUT2D eigenvalue weighted by atomic mass is 79.9. The van der Waals surface area contributed by atoms with Gasteiger partial charge in [-0.1, -0.05) is 28.1 Å². The van der Waals surface area contributed by atoms with Gasteiger partial charge in [0.25, 0.3) is 0 Å². The average Bonchev–Trinajstić information content (AvgIpc) is 2.16. The Hall–Kier alpha value is -0.590. The van der Waals surface area contributed by atoms with Crippen molar-refractivity contribution < 1.29 is 17.9 Å². The SMILES string of the molecule is COC(N)(c1ccc(Br)cc1)C(F)(F)F.